The molecule has 0 saturated heterocycles. The van der Waals surface area contributed by atoms with Gasteiger partial charge in [-0.15, -0.1) is 0 Å². The van der Waals surface area contributed by atoms with E-state index < -0.39 is 0 Å². The van der Waals surface area contributed by atoms with E-state index in [-0.39, 0.29) is 6.10 Å². The minimum atomic E-state index is -0.0880. The van der Waals surface area contributed by atoms with Gasteiger partial charge in [0.05, 0.1) is 6.10 Å². The van der Waals surface area contributed by atoms with Crippen molar-refractivity contribution < 1.29 is 5.11 Å². The molecule has 1 N–H and O–H groups in total. The van der Waals surface area contributed by atoms with E-state index in [9.17, 15) is 5.11 Å². The molecule has 0 saturated carbocycles. The van der Waals surface area contributed by atoms with Gasteiger partial charge >= 0.3 is 0 Å². The van der Waals surface area contributed by atoms with Crippen molar-refractivity contribution in [3.05, 3.63) is 12.2 Å². The quantitative estimate of drug-likeness (QED) is 0.600. The van der Waals surface area contributed by atoms with Gasteiger partial charge in [-0.25, -0.2) is 0 Å². The van der Waals surface area contributed by atoms with Crippen molar-refractivity contribution in [1.29, 1.82) is 0 Å². The summed E-state index contributed by atoms with van der Waals surface area (Å²) in [5, 5.41) is 9.55. The van der Waals surface area contributed by atoms with Gasteiger partial charge in [-0.05, 0) is 32.1 Å². The molecule has 0 amide bonds. The Balaban J connectivity index is 3.24. The summed E-state index contributed by atoms with van der Waals surface area (Å²) in [6.45, 7) is 6.48. The lowest BCUT2D eigenvalue weighted by Gasteiger charge is -2.09. The number of aliphatic hydroxyl groups is 1. The third kappa shape index (κ3) is 9.62. The zero-order valence-corrected chi connectivity index (χ0v) is 9.29. The van der Waals surface area contributed by atoms with Crippen molar-refractivity contribution in [1.82, 2.24) is 0 Å². The Bertz CT molecular complexity index is 127. The van der Waals surface area contributed by atoms with Crippen LogP contribution in [-0.4, -0.2) is 11.2 Å². The molecule has 0 aliphatic rings. The van der Waals surface area contributed by atoms with Crippen LogP contribution in [0, 0.1) is 5.92 Å². The summed E-state index contributed by atoms with van der Waals surface area (Å²) in [6, 6.07) is 0. The summed E-state index contributed by atoms with van der Waals surface area (Å²) in [5.41, 5.74) is 0. The highest BCUT2D eigenvalue weighted by Crippen LogP contribution is 2.11. The third-order valence-corrected chi connectivity index (χ3v) is 2.22. The molecule has 0 aromatic rings. The number of rotatable bonds is 7. The fourth-order valence-electron chi connectivity index (χ4n) is 1.36. The molecule has 0 heterocycles. The zero-order chi connectivity index (χ0) is 10.1. The molecule has 0 bridgehead atoms. The van der Waals surface area contributed by atoms with Gasteiger partial charge in [-0.1, -0.05) is 38.8 Å². The van der Waals surface area contributed by atoms with Gasteiger partial charge in [-0.2, -0.15) is 0 Å². The smallest absolute Gasteiger partial charge is 0.0543 e. The Morgan fingerprint density at radius 2 is 1.85 bits per heavy atom. The number of hydrogen-bond donors (Lipinski definition) is 1. The average molecular weight is 184 g/mol. The van der Waals surface area contributed by atoms with Crippen LogP contribution in [-0.2, 0) is 0 Å². The second-order valence-electron chi connectivity index (χ2n) is 4.12. The summed E-state index contributed by atoms with van der Waals surface area (Å²) in [4.78, 5) is 0. The van der Waals surface area contributed by atoms with Gasteiger partial charge in [0.1, 0.15) is 0 Å². The molecule has 0 spiro atoms. The maximum Gasteiger partial charge on any atom is 0.0543 e. The first kappa shape index (κ1) is 12.7. The predicted molar refractivity (Wildman–Crippen MR) is 58.7 cm³/mol. The number of hydrogen-bond acceptors (Lipinski definition) is 1. The van der Waals surface area contributed by atoms with Crippen molar-refractivity contribution in [3.8, 4) is 0 Å². The summed E-state index contributed by atoms with van der Waals surface area (Å²) in [6.07, 6.45) is 9.37. The van der Waals surface area contributed by atoms with Crippen LogP contribution in [0.2, 0.25) is 0 Å². The summed E-state index contributed by atoms with van der Waals surface area (Å²) < 4.78 is 0. The second-order valence-corrected chi connectivity index (χ2v) is 4.12. The molecule has 0 aliphatic carbocycles. The van der Waals surface area contributed by atoms with Crippen LogP contribution in [0.25, 0.3) is 0 Å². The van der Waals surface area contributed by atoms with E-state index in [1.54, 1.807) is 0 Å². The Morgan fingerprint density at radius 1 is 1.15 bits per heavy atom. The molecular formula is C12H24O. The molecule has 13 heavy (non-hydrogen) atoms. The monoisotopic (exact) mass is 184 g/mol. The fourth-order valence-corrected chi connectivity index (χ4v) is 1.36. The van der Waals surface area contributed by atoms with Gasteiger partial charge in [0, 0.05) is 0 Å². The Hall–Kier alpha value is -0.300. The van der Waals surface area contributed by atoms with Crippen LogP contribution < -0.4 is 0 Å². The Labute approximate surface area is 82.9 Å². The van der Waals surface area contributed by atoms with E-state index in [1.807, 2.05) is 13.0 Å². The highest BCUT2D eigenvalue weighted by molar-refractivity contribution is 4.77. The van der Waals surface area contributed by atoms with Gasteiger partial charge in [0.15, 0.2) is 0 Å². The molecule has 1 heteroatoms. The maximum absolute atomic E-state index is 9.55. The van der Waals surface area contributed by atoms with Gasteiger partial charge < -0.3 is 5.11 Å². The molecular weight excluding hydrogens is 160 g/mol. The van der Waals surface area contributed by atoms with E-state index >= 15 is 0 Å². The molecule has 0 fully saturated rings. The lowest BCUT2D eigenvalue weighted by atomic mass is 10.0. The minimum Gasteiger partial charge on any atom is -0.393 e. The van der Waals surface area contributed by atoms with Crippen molar-refractivity contribution in [2.45, 2.75) is 59.0 Å². The van der Waals surface area contributed by atoms with Gasteiger partial charge in [0.25, 0.3) is 0 Å². The Kier molecular flexibility index (Phi) is 8.11. The molecule has 0 rings (SSSR count). The molecule has 1 unspecified atom stereocenters. The SMILES string of the molecule is C/C=C/CCC(O)CCCC(C)C. The molecule has 0 aromatic heterocycles. The normalized spacial score (nSPS) is 14.2. The molecule has 78 valence electrons. The van der Waals surface area contributed by atoms with E-state index in [0.717, 1.165) is 31.6 Å². The van der Waals surface area contributed by atoms with Crippen molar-refractivity contribution >= 4 is 0 Å². The summed E-state index contributed by atoms with van der Waals surface area (Å²) in [5.74, 6) is 0.766. The molecule has 0 radical (unpaired) electrons. The topological polar surface area (TPSA) is 20.2 Å². The van der Waals surface area contributed by atoms with Crippen LogP contribution in [0.5, 0.6) is 0 Å². The summed E-state index contributed by atoms with van der Waals surface area (Å²) >= 11 is 0. The van der Waals surface area contributed by atoms with Crippen LogP contribution in [0.3, 0.4) is 0 Å². The fraction of sp³-hybridized carbons (Fsp3) is 0.833. The second kappa shape index (κ2) is 8.31. The largest absolute Gasteiger partial charge is 0.393 e. The van der Waals surface area contributed by atoms with Crippen molar-refractivity contribution in [2.75, 3.05) is 0 Å². The lowest BCUT2D eigenvalue weighted by molar-refractivity contribution is 0.151. The first-order chi connectivity index (χ1) is 6.16. The third-order valence-electron chi connectivity index (χ3n) is 2.22. The van der Waals surface area contributed by atoms with Gasteiger partial charge in [0.2, 0.25) is 0 Å². The van der Waals surface area contributed by atoms with E-state index in [0.29, 0.717) is 0 Å². The van der Waals surface area contributed by atoms with Crippen molar-refractivity contribution in [3.63, 3.8) is 0 Å². The number of aliphatic hydroxyl groups excluding tert-OH is 1. The summed E-state index contributed by atoms with van der Waals surface area (Å²) in [7, 11) is 0. The van der Waals surface area contributed by atoms with E-state index in [2.05, 4.69) is 19.9 Å². The first-order valence-electron chi connectivity index (χ1n) is 5.46. The lowest BCUT2D eigenvalue weighted by Crippen LogP contribution is -2.06. The first-order valence-corrected chi connectivity index (χ1v) is 5.46. The standard InChI is InChI=1S/C12H24O/c1-4-5-6-9-12(13)10-7-8-11(2)3/h4-5,11-13H,6-10H2,1-3H3/b5-4+. The maximum atomic E-state index is 9.55. The van der Waals surface area contributed by atoms with Crippen LogP contribution >= 0.6 is 0 Å². The van der Waals surface area contributed by atoms with Crippen LogP contribution in [0.1, 0.15) is 52.9 Å². The Morgan fingerprint density at radius 3 is 2.38 bits per heavy atom. The highest BCUT2D eigenvalue weighted by Gasteiger charge is 2.03. The number of allylic oxidation sites excluding steroid dienone is 2. The molecule has 1 atom stereocenters. The molecule has 1 nitrogen and oxygen atoms in total. The minimum absolute atomic E-state index is 0.0880. The highest BCUT2D eigenvalue weighted by atomic mass is 16.3. The van der Waals surface area contributed by atoms with E-state index in [4.69, 9.17) is 0 Å². The van der Waals surface area contributed by atoms with E-state index in [1.165, 1.54) is 6.42 Å². The van der Waals surface area contributed by atoms with Gasteiger partial charge in [-0.3, -0.25) is 0 Å². The average Bonchev–Trinajstić information content (AvgIpc) is 2.04. The predicted octanol–water partition coefficient (Wildman–Crippen LogP) is 3.53. The van der Waals surface area contributed by atoms with Crippen molar-refractivity contribution in [2.24, 2.45) is 5.92 Å². The molecule has 0 aliphatic heterocycles. The van der Waals surface area contributed by atoms with Crippen LogP contribution in [0.4, 0.5) is 0 Å². The zero-order valence-electron chi connectivity index (χ0n) is 9.29. The van der Waals surface area contributed by atoms with Crippen LogP contribution in [0.15, 0.2) is 12.2 Å². The molecule has 0 aromatic carbocycles.